The van der Waals surface area contributed by atoms with E-state index in [1.807, 2.05) is 0 Å². The fraction of sp³-hybridized carbons (Fsp3) is 1.00. The molecule has 0 radical (unpaired) electrons. The van der Waals surface area contributed by atoms with Crippen molar-refractivity contribution in [3.63, 3.8) is 0 Å². The second-order valence-corrected chi connectivity index (χ2v) is 7.00. The Balaban J connectivity index is 1.60. The predicted molar refractivity (Wildman–Crippen MR) is 76.8 cm³/mol. The van der Waals surface area contributed by atoms with Gasteiger partial charge in [0.15, 0.2) is 0 Å². The van der Waals surface area contributed by atoms with Crippen molar-refractivity contribution in [1.29, 1.82) is 0 Å². The standard InChI is InChI=1S/C16H30N2/c1-13-10-15-7-3-5-9-18(15)16(11-13)12-14-6-2-4-8-17-14/h13-17H,2-12H2,1H3/t13-,14+,15+,16-/m1/s1. The van der Waals surface area contributed by atoms with Crippen molar-refractivity contribution in [3.8, 4) is 0 Å². The van der Waals surface area contributed by atoms with Gasteiger partial charge >= 0.3 is 0 Å². The van der Waals surface area contributed by atoms with Crippen LogP contribution in [-0.4, -0.2) is 36.1 Å². The van der Waals surface area contributed by atoms with Crippen molar-refractivity contribution in [1.82, 2.24) is 10.2 Å². The average Bonchev–Trinajstić information content (AvgIpc) is 2.40. The number of nitrogens with one attached hydrogen (secondary N) is 1. The van der Waals surface area contributed by atoms with Gasteiger partial charge in [0, 0.05) is 18.1 Å². The zero-order valence-corrected chi connectivity index (χ0v) is 12.0. The van der Waals surface area contributed by atoms with E-state index in [1.54, 1.807) is 0 Å². The SMILES string of the molecule is C[C@H]1C[C@H](C[C@@H]2CCCCN2)N2CCCC[C@H]2C1. The molecule has 0 aromatic carbocycles. The Kier molecular flexibility index (Phi) is 4.25. The van der Waals surface area contributed by atoms with Gasteiger partial charge in [-0.1, -0.05) is 19.8 Å². The highest BCUT2D eigenvalue weighted by atomic mass is 15.2. The molecule has 0 saturated carbocycles. The van der Waals surface area contributed by atoms with Gasteiger partial charge < -0.3 is 5.32 Å². The lowest BCUT2D eigenvalue weighted by Crippen LogP contribution is -2.53. The molecule has 0 aromatic heterocycles. The Hall–Kier alpha value is -0.0800. The van der Waals surface area contributed by atoms with E-state index >= 15 is 0 Å². The molecule has 4 atom stereocenters. The van der Waals surface area contributed by atoms with Gasteiger partial charge in [-0.15, -0.1) is 0 Å². The van der Waals surface area contributed by atoms with Crippen LogP contribution in [0.25, 0.3) is 0 Å². The Labute approximate surface area is 113 Å². The van der Waals surface area contributed by atoms with Crippen LogP contribution in [-0.2, 0) is 0 Å². The smallest absolute Gasteiger partial charge is 0.0115 e. The van der Waals surface area contributed by atoms with Crippen LogP contribution < -0.4 is 5.32 Å². The molecule has 3 rings (SSSR count). The lowest BCUT2D eigenvalue weighted by atomic mass is 9.80. The number of piperidine rings is 3. The van der Waals surface area contributed by atoms with Crippen molar-refractivity contribution in [2.45, 2.75) is 82.8 Å². The first-order chi connectivity index (χ1) is 8.83. The van der Waals surface area contributed by atoms with E-state index in [2.05, 4.69) is 17.1 Å². The zero-order chi connectivity index (χ0) is 12.4. The molecule has 1 N–H and O–H groups in total. The lowest BCUT2D eigenvalue weighted by Gasteiger charge is -2.48. The molecule has 0 bridgehead atoms. The second-order valence-electron chi connectivity index (χ2n) is 7.00. The number of hydrogen-bond acceptors (Lipinski definition) is 2. The lowest BCUT2D eigenvalue weighted by molar-refractivity contribution is 0.0198. The van der Waals surface area contributed by atoms with Gasteiger partial charge in [-0.3, -0.25) is 4.90 Å². The third-order valence-corrected chi connectivity index (χ3v) is 5.46. The fourth-order valence-corrected chi connectivity index (χ4v) is 4.60. The molecule has 0 spiro atoms. The van der Waals surface area contributed by atoms with Gasteiger partial charge in [0.2, 0.25) is 0 Å². The van der Waals surface area contributed by atoms with Crippen molar-refractivity contribution < 1.29 is 0 Å². The zero-order valence-electron chi connectivity index (χ0n) is 12.0. The third-order valence-electron chi connectivity index (χ3n) is 5.46. The molecule has 0 amide bonds. The summed E-state index contributed by atoms with van der Waals surface area (Å²) < 4.78 is 0. The van der Waals surface area contributed by atoms with E-state index in [9.17, 15) is 0 Å². The van der Waals surface area contributed by atoms with Crippen molar-refractivity contribution in [2.75, 3.05) is 13.1 Å². The number of hydrogen-bond donors (Lipinski definition) is 1. The average molecular weight is 250 g/mol. The van der Waals surface area contributed by atoms with Crippen LogP contribution in [0.2, 0.25) is 0 Å². The summed E-state index contributed by atoms with van der Waals surface area (Å²) in [5.41, 5.74) is 0. The Morgan fingerprint density at radius 1 is 1.06 bits per heavy atom. The van der Waals surface area contributed by atoms with Gasteiger partial charge in [-0.25, -0.2) is 0 Å². The highest BCUT2D eigenvalue weighted by Crippen LogP contribution is 2.35. The molecule has 2 nitrogen and oxygen atoms in total. The minimum atomic E-state index is 0.816. The normalized spacial score (nSPS) is 42.5. The summed E-state index contributed by atoms with van der Waals surface area (Å²) in [7, 11) is 0. The quantitative estimate of drug-likeness (QED) is 0.810. The van der Waals surface area contributed by atoms with E-state index in [1.165, 1.54) is 70.9 Å². The van der Waals surface area contributed by atoms with Gasteiger partial charge in [-0.05, 0) is 64.0 Å². The van der Waals surface area contributed by atoms with Crippen LogP contribution in [0.1, 0.15) is 64.7 Å². The van der Waals surface area contributed by atoms with Crippen LogP contribution in [0.5, 0.6) is 0 Å². The number of rotatable bonds is 2. The molecule has 0 unspecified atom stereocenters. The first-order valence-electron chi connectivity index (χ1n) is 8.32. The first kappa shape index (κ1) is 12.9. The fourth-order valence-electron chi connectivity index (χ4n) is 4.60. The maximum Gasteiger partial charge on any atom is 0.0115 e. The molecule has 0 aliphatic carbocycles. The summed E-state index contributed by atoms with van der Waals surface area (Å²) >= 11 is 0. The van der Waals surface area contributed by atoms with Crippen LogP contribution in [0.4, 0.5) is 0 Å². The van der Waals surface area contributed by atoms with Crippen molar-refractivity contribution >= 4 is 0 Å². The van der Waals surface area contributed by atoms with Crippen LogP contribution in [0.3, 0.4) is 0 Å². The van der Waals surface area contributed by atoms with E-state index < -0.39 is 0 Å². The molecule has 0 aromatic rings. The Bertz CT molecular complexity index is 260. The summed E-state index contributed by atoms with van der Waals surface area (Å²) in [5, 5.41) is 3.75. The molecule has 3 heterocycles. The van der Waals surface area contributed by atoms with Crippen LogP contribution in [0, 0.1) is 5.92 Å². The summed E-state index contributed by atoms with van der Waals surface area (Å²) in [6.07, 6.45) is 13.0. The maximum atomic E-state index is 3.75. The van der Waals surface area contributed by atoms with Crippen LogP contribution in [0.15, 0.2) is 0 Å². The summed E-state index contributed by atoms with van der Waals surface area (Å²) in [6.45, 7) is 5.12. The molecule has 2 heteroatoms. The van der Waals surface area contributed by atoms with E-state index in [0.29, 0.717) is 0 Å². The molecule has 3 saturated heterocycles. The van der Waals surface area contributed by atoms with Crippen LogP contribution >= 0.6 is 0 Å². The highest BCUT2D eigenvalue weighted by molar-refractivity contribution is 4.92. The predicted octanol–water partition coefficient (Wildman–Crippen LogP) is 3.17. The maximum absolute atomic E-state index is 3.75. The van der Waals surface area contributed by atoms with Gasteiger partial charge in [0.1, 0.15) is 0 Å². The summed E-state index contributed by atoms with van der Waals surface area (Å²) in [6, 6.07) is 2.63. The van der Waals surface area contributed by atoms with Gasteiger partial charge in [-0.2, -0.15) is 0 Å². The van der Waals surface area contributed by atoms with Crippen molar-refractivity contribution in [3.05, 3.63) is 0 Å². The molecule has 3 aliphatic rings. The Morgan fingerprint density at radius 2 is 1.94 bits per heavy atom. The highest BCUT2D eigenvalue weighted by Gasteiger charge is 2.36. The molecule has 3 aliphatic heterocycles. The van der Waals surface area contributed by atoms with E-state index in [4.69, 9.17) is 0 Å². The minimum absolute atomic E-state index is 0.816. The Morgan fingerprint density at radius 3 is 2.78 bits per heavy atom. The molecular formula is C16H30N2. The molecule has 104 valence electrons. The van der Waals surface area contributed by atoms with E-state index in [0.717, 1.165) is 24.0 Å². The summed E-state index contributed by atoms with van der Waals surface area (Å²) in [4.78, 5) is 2.89. The molecular weight excluding hydrogens is 220 g/mol. The number of nitrogens with zero attached hydrogens (tertiary/aromatic N) is 1. The monoisotopic (exact) mass is 250 g/mol. The molecule has 3 fully saturated rings. The first-order valence-corrected chi connectivity index (χ1v) is 8.32. The molecule has 18 heavy (non-hydrogen) atoms. The summed E-state index contributed by atoms with van der Waals surface area (Å²) in [5.74, 6) is 0.956. The third kappa shape index (κ3) is 2.91. The van der Waals surface area contributed by atoms with Crippen molar-refractivity contribution in [2.24, 2.45) is 5.92 Å². The van der Waals surface area contributed by atoms with Gasteiger partial charge in [0.25, 0.3) is 0 Å². The largest absolute Gasteiger partial charge is 0.314 e. The number of fused-ring (bicyclic) bond motifs is 1. The minimum Gasteiger partial charge on any atom is -0.314 e. The van der Waals surface area contributed by atoms with Gasteiger partial charge in [0.05, 0.1) is 0 Å². The van der Waals surface area contributed by atoms with E-state index in [-0.39, 0.29) is 0 Å². The topological polar surface area (TPSA) is 15.3 Å². The second kappa shape index (κ2) is 5.92.